The van der Waals surface area contributed by atoms with Gasteiger partial charge in [0.2, 0.25) is 6.35 Å². The summed E-state index contributed by atoms with van der Waals surface area (Å²) in [5.74, 6) is 0.111. The van der Waals surface area contributed by atoms with Gasteiger partial charge in [0.25, 0.3) is 11.9 Å². The van der Waals surface area contributed by atoms with E-state index >= 15 is 0 Å². The van der Waals surface area contributed by atoms with E-state index in [1.807, 2.05) is 44.2 Å². The highest BCUT2D eigenvalue weighted by Gasteiger charge is 2.40. The number of aliphatic hydroxyl groups is 2. The van der Waals surface area contributed by atoms with Crippen LogP contribution in [-0.2, 0) is 6.54 Å². The summed E-state index contributed by atoms with van der Waals surface area (Å²) in [5, 5.41) is 19.8. The highest BCUT2D eigenvalue weighted by atomic mass is 16.5. The Morgan fingerprint density at radius 3 is 2.56 bits per heavy atom. The lowest BCUT2D eigenvalue weighted by molar-refractivity contribution is -0.00105. The average molecular weight is 374 g/mol. The Morgan fingerprint density at radius 2 is 1.93 bits per heavy atom. The lowest BCUT2D eigenvalue weighted by Crippen LogP contribution is -2.56. The topological polar surface area (TPSA) is 91.1 Å². The molecular formula is C19H26N4O4. The molecule has 0 radical (unpaired) electrons. The smallest absolute Gasteiger partial charge is 0.299 e. The first-order valence-corrected chi connectivity index (χ1v) is 9.26. The first kappa shape index (κ1) is 19.2. The van der Waals surface area contributed by atoms with Gasteiger partial charge in [-0.15, -0.1) is 0 Å². The number of amides is 1. The fourth-order valence-electron chi connectivity index (χ4n) is 3.27. The van der Waals surface area contributed by atoms with Crippen LogP contribution in [0.1, 0.15) is 36.3 Å². The molecule has 1 aliphatic heterocycles. The summed E-state index contributed by atoms with van der Waals surface area (Å²) < 4.78 is 7.45. The molecule has 2 N–H and O–H groups in total. The van der Waals surface area contributed by atoms with E-state index in [9.17, 15) is 9.90 Å². The van der Waals surface area contributed by atoms with Crippen molar-refractivity contribution in [1.29, 1.82) is 0 Å². The van der Waals surface area contributed by atoms with Gasteiger partial charge in [0, 0.05) is 19.7 Å². The molecule has 1 unspecified atom stereocenters. The van der Waals surface area contributed by atoms with Crippen LogP contribution >= 0.6 is 0 Å². The third kappa shape index (κ3) is 3.63. The number of fused-ring (bicyclic) bond motifs is 1. The third-order valence-electron chi connectivity index (χ3n) is 4.56. The van der Waals surface area contributed by atoms with Crippen LogP contribution in [0.3, 0.4) is 0 Å². The predicted molar refractivity (Wildman–Crippen MR) is 101 cm³/mol. The molecule has 2 heterocycles. The molecule has 3 rings (SSSR count). The molecule has 1 aromatic heterocycles. The fraction of sp³-hybridized carbons (Fsp3) is 0.474. The lowest BCUT2D eigenvalue weighted by atomic mass is 10.2. The van der Waals surface area contributed by atoms with E-state index in [-0.39, 0.29) is 19.1 Å². The van der Waals surface area contributed by atoms with Crippen LogP contribution in [0.15, 0.2) is 30.3 Å². The van der Waals surface area contributed by atoms with Gasteiger partial charge >= 0.3 is 0 Å². The van der Waals surface area contributed by atoms with Crippen molar-refractivity contribution in [3.05, 3.63) is 41.6 Å². The van der Waals surface area contributed by atoms with Gasteiger partial charge in [0.1, 0.15) is 0 Å². The molecule has 0 saturated heterocycles. The molecule has 1 amide bonds. The Balaban J connectivity index is 2.08. The Hall–Kier alpha value is -2.58. The highest BCUT2D eigenvalue weighted by Crippen LogP contribution is 2.34. The number of rotatable bonds is 8. The number of aliphatic hydroxyl groups excluding tert-OH is 2. The predicted octanol–water partition coefficient (Wildman–Crippen LogP) is 1.27. The van der Waals surface area contributed by atoms with E-state index in [0.29, 0.717) is 43.6 Å². The number of carbonyl (C=O) groups is 1. The molecule has 1 atom stereocenters. The van der Waals surface area contributed by atoms with E-state index in [1.54, 1.807) is 9.47 Å². The Labute approximate surface area is 158 Å². The van der Waals surface area contributed by atoms with Crippen molar-refractivity contribution >= 4 is 11.7 Å². The number of ether oxygens (including phenoxy) is 1. The maximum absolute atomic E-state index is 13.2. The first-order valence-electron chi connectivity index (χ1n) is 9.26. The molecule has 0 aliphatic carbocycles. The zero-order chi connectivity index (χ0) is 19.4. The summed E-state index contributed by atoms with van der Waals surface area (Å²) in [6.07, 6.45) is -0.725. The second kappa shape index (κ2) is 8.41. The zero-order valence-electron chi connectivity index (χ0n) is 15.7. The zero-order valence-corrected chi connectivity index (χ0v) is 15.7. The number of hydrogen-bond acceptors (Lipinski definition) is 6. The largest absolute Gasteiger partial charge is 0.465 e. The van der Waals surface area contributed by atoms with E-state index in [0.717, 1.165) is 5.56 Å². The van der Waals surface area contributed by atoms with Gasteiger partial charge in [-0.25, -0.2) is 0 Å². The monoisotopic (exact) mass is 374 g/mol. The molecule has 2 aromatic rings. The minimum absolute atomic E-state index is 0.0526. The first-order chi connectivity index (χ1) is 13.1. The molecule has 27 heavy (non-hydrogen) atoms. The second-order valence-corrected chi connectivity index (χ2v) is 6.28. The molecule has 1 aromatic carbocycles. The van der Waals surface area contributed by atoms with Gasteiger partial charge in [-0.2, -0.15) is 4.98 Å². The van der Waals surface area contributed by atoms with Gasteiger partial charge in [-0.05, 0) is 25.8 Å². The van der Waals surface area contributed by atoms with E-state index in [1.165, 1.54) is 4.90 Å². The average Bonchev–Trinajstić information content (AvgIpc) is 3.01. The Kier molecular flexibility index (Phi) is 5.98. The Morgan fingerprint density at radius 1 is 1.19 bits per heavy atom. The normalized spacial score (nSPS) is 16.6. The summed E-state index contributed by atoms with van der Waals surface area (Å²) in [6.45, 7) is 5.29. The molecule has 0 spiro atoms. The number of anilines is 1. The SMILES string of the molecule is CCOc1nc2c(n1Cc1ccccc1)C(=O)N(CCCO)C(O)N2CC. The van der Waals surface area contributed by atoms with Crippen molar-refractivity contribution in [2.24, 2.45) is 0 Å². The highest BCUT2D eigenvalue weighted by molar-refractivity contribution is 6.00. The van der Waals surface area contributed by atoms with Gasteiger partial charge in [0.05, 0.1) is 13.2 Å². The van der Waals surface area contributed by atoms with E-state index < -0.39 is 6.35 Å². The molecule has 0 bridgehead atoms. The summed E-state index contributed by atoms with van der Waals surface area (Å²) >= 11 is 0. The lowest BCUT2D eigenvalue weighted by Gasteiger charge is -2.40. The van der Waals surface area contributed by atoms with Gasteiger partial charge in [-0.1, -0.05) is 30.3 Å². The summed E-state index contributed by atoms with van der Waals surface area (Å²) in [4.78, 5) is 20.7. The van der Waals surface area contributed by atoms with Gasteiger partial charge in [-0.3, -0.25) is 14.3 Å². The minimum atomic E-state index is -1.11. The minimum Gasteiger partial charge on any atom is -0.465 e. The van der Waals surface area contributed by atoms with Gasteiger partial charge < -0.3 is 19.8 Å². The van der Waals surface area contributed by atoms with Crippen LogP contribution in [0.4, 0.5) is 5.82 Å². The van der Waals surface area contributed by atoms with Crippen LogP contribution in [0.5, 0.6) is 6.01 Å². The maximum atomic E-state index is 13.2. The van der Waals surface area contributed by atoms with Crippen LogP contribution in [0.2, 0.25) is 0 Å². The van der Waals surface area contributed by atoms with Crippen LogP contribution < -0.4 is 9.64 Å². The third-order valence-corrected chi connectivity index (χ3v) is 4.56. The van der Waals surface area contributed by atoms with Crippen LogP contribution in [0.25, 0.3) is 0 Å². The van der Waals surface area contributed by atoms with E-state index in [4.69, 9.17) is 9.84 Å². The number of carbonyl (C=O) groups excluding carboxylic acids is 1. The summed E-state index contributed by atoms with van der Waals surface area (Å²) in [7, 11) is 0. The fourth-order valence-corrected chi connectivity index (χ4v) is 3.27. The summed E-state index contributed by atoms with van der Waals surface area (Å²) in [6, 6.07) is 10.1. The van der Waals surface area contributed by atoms with Crippen molar-refractivity contribution in [3.8, 4) is 6.01 Å². The molecule has 8 nitrogen and oxygen atoms in total. The van der Waals surface area contributed by atoms with Crippen LogP contribution in [-0.4, -0.2) is 63.2 Å². The summed E-state index contributed by atoms with van der Waals surface area (Å²) in [5.41, 5.74) is 1.41. The van der Waals surface area contributed by atoms with E-state index in [2.05, 4.69) is 4.98 Å². The number of imidazole rings is 1. The molecular weight excluding hydrogens is 348 g/mol. The molecule has 0 fully saturated rings. The molecule has 146 valence electrons. The number of aromatic nitrogens is 2. The molecule has 0 saturated carbocycles. The van der Waals surface area contributed by atoms with Crippen molar-refractivity contribution in [1.82, 2.24) is 14.5 Å². The number of hydrogen-bond donors (Lipinski definition) is 2. The van der Waals surface area contributed by atoms with Crippen molar-refractivity contribution in [2.45, 2.75) is 33.2 Å². The quantitative estimate of drug-likeness (QED) is 0.723. The Bertz CT molecular complexity index is 778. The second-order valence-electron chi connectivity index (χ2n) is 6.28. The standard InChI is InChI=1S/C19H26N4O4/c1-3-21-16-15(17(25)22(19(21)26)11-8-12-24)23(18(20-16)27-4-2)13-14-9-6-5-7-10-14/h5-7,9-10,19,24,26H,3-4,8,11-13H2,1-2H3. The van der Waals surface area contributed by atoms with Crippen molar-refractivity contribution in [3.63, 3.8) is 0 Å². The van der Waals surface area contributed by atoms with Crippen LogP contribution in [0, 0.1) is 0 Å². The van der Waals surface area contributed by atoms with Gasteiger partial charge in [0.15, 0.2) is 11.5 Å². The number of benzene rings is 1. The molecule has 8 heteroatoms. The maximum Gasteiger partial charge on any atom is 0.299 e. The molecule has 1 aliphatic rings. The van der Waals surface area contributed by atoms with Crippen molar-refractivity contribution < 1.29 is 19.7 Å². The van der Waals surface area contributed by atoms with Crippen molar-refractivity contribution in [2.75, 3.05) is 31.2 Å². The number of nitrogens with zero attached hydrogens (tertiary/aromatic N) is 4.